The standard InChI is InChI=1S/C31H33N3O4S2/c35-30(20-38-27-9-5-2-6-10-27)32-31-34(28-21-40(36,37)22-29(28)39-31)26-13-11-25(12-14-26)33-17-15-24(16-18-33)19-23-7-3-1-4-8-23/h1-14,24,28-29H,15-22H2/t28-,29+/m0/s1. The number of rotatable bonds is 7. The third kappa shape index (κ3) is 6.20. The third-order valence-corrected chi connectivity index (χ3v) is 11.1. The maximum absolute atomic E-state index is 12.7. The van der Waals surface area contributed by atoms with E-state index in [0.29, 0.717) is 16.8 Å². The summed E-state index contributed by atoms with van der Waals surface area (Å²) in [6, 6.07) is 27.9. The van der Waals surface area contributed by atoms with Crippen LogP contribution in [0.2, 0.25) is 0 Å². The number of anilines is 2. The van der Waals surface area contributed by atoms with Crippen LogP contribution in [-0.4, -0.2) is 62.0 Å². The number of para-hydroxylation sites is 1. The van der Waals surface area contributed by atoms with Gasteiger partial charge in [0.1, 0.15) is 5.75 Å². The average Bonchev–Trinajstić information content (AvgIpc) is 3.44. The second-order valence-corrected chi connectivity index (χ2v) is 14.1. The SMILES string of the molecule is O=C(COc1ccccc1)N=C1S[C@@H]2CS(=O)(=O)C[C@@H]2N1c1ccc(N2CCC(Cc3ccccc3)CC2)cc1. The highest BCUT2D eigenvalue weighted by molar-refractivity contribution is 8.16. The number of thioether (sulfide) groups is 1. The number of sulfone groups is 1. The Hall–Kier alpha value is -3.30. The number of hydrogen-bond donors (Lipinski definition) is 0. The molecule has 0 N–H and O–H groups in total. The molecule has 9 heteroatoms. The molecule has 0 spiro atoms. The number of amidine groups is 1. The molecule has 6 rings (SSSR count). The molecule has 3 aliphatic heterocycles. The molecule has 0 saturated carbocycles. The molecule has 2 atom stereocenters. The number of benzene rings is 3. The molecule has 7 nitrogen and oxygen atoms in total. The maximum atomic E-state index is 12.7. The summed E-state index contributed by atoms with van der Waals surface area (Å²) in [6.45, 7) is 1.86. The highest BCUT2D eigenvalue weighted by Gasteiger charge is 2.49. The average molecular weight is 576 g/mol. The van der Waals surface area contributed by atoms with E-state index in [4.69, 9.17) is 4.74 Å². The van der Waals surface area contributed by atoms with Crippen LogP contribution in [0.5, 0.6) is 5.75 Å². The monoisotopic (exact) mass is 575 g/mol. The van der Waals surface area contributed by atoms with E-state index in [1.165, 1.54) is 17.3 Å². The van der Waals surface area contributed by atoms with Crippen LogP contribution in [0.15, 0.2) is 89.9 Å². The van der Waals surface area contributed by atoms with Crippen LogP contribution >= 0.6 is 11.8 Å². The number of piperidine rings is 1. The number of aliphatic imine (C=N–C) groups is 1. The maximum Gasteiger partial charge on any atom is 0.285 e. The Balaban J connectivity index is 1.14. The molecule has 40 heavy (non-hydrogen) atoms. The van der Waals surface area contributed by atoms with E-state index in [1.54, 1.807) is 12.1 Å². The number of hydrogen-bond acceptors (Lipinski definition) is 6. The number of amides is 1. The molecule has 3 saturated heterocycles. The van der Waals surface area contributed by atoms with Crippen molar-refractivity contribution in [2.45, 2.75) is 30.6 Å². The van der Waals surface area contributed by atoms with Crippen LogP contribution < -0.4 is 14.5 Å². The van der Waals surface area contributed by atoms with E-state index in [0.717, 1.165) is 43.7 Å². The number of fused-ring (bicyclic) bond motifs is 1. The second-order valence-electron chi connectivity index (χ2n) is 10.7. The molecule has 0 bridgehead atoms. The Morgan fingerprint density at radius 2 is 1.52 bits per heavy atom. The van der Waals surface area contributed by atoms with Gasteiger partial charge < -0.3 is 14.5 Å². The third-order valence-electron chi connectivity index (χ3n) is 7.87. The van der Waals surface area contributed by atoms with Crippen molar-refractivity contribution in [2.75, 3.05) is 41.0 Å². The summed E-state index contributed by atoms with van der Waals surface area (Å²) >= 11 is 1.38. The lowest BCUT2D eigenvalue weighted by Crippen LogP contribution is -2.38. The zero-order valence-electron chi connectivity index (χ0n) is 22.3. The van der Waals surface area contributed by atoms with Crippen molar-refractivity contribution in [2.24, 2.45) is 10.9 Å². The minimum atomic E-state index is -3.13. The summed E-state index contributed by atoms with van der Waals surface area (Å²) in [6.07, 6.45) is 3.44. The largest absolute Gasteiger partial charge is 0.484 e. The van der Waals surface area contributed by atoms with E-state index >= 15 is 0 Å². The lowest BCUT2D eigenvalue weighted by Gasteiger charge is -2.34. The fourth-order valence-corrected chi connectivity index (χ4v) is 9.77. The van der Waals surface area contributed by atoms with Crippen molar-refractivity contribution in [3.05, 3.63) is 90.5 Å². The minimum absolute atomic E-state index is 0.0646. The molecule has 3 heterocycles. The molecular weight excluding hydrogens is 542 g/mol. The van der Waals surface area contributed by atoms with Gasteiger partial charge in [-0.2, -0.15) is 4.99 Å². The molecular formula is C31H33N3O4S2. The Bertz CT molecular complexity index is 1460. The topological polar surface area (TPSA) is 79.3 Å². The van der Waals surface area contributed by atoms with Crippen LogP contribution in [-0.2, 0) is 21.1 Å². The van der Waals surface area contributed by atoms with Crippen molar-refractivity contribution in [3.8, 4) is 5.75 Å². The van der Waals surface area contributed by atoms with E-state index in [2.05, 4.69) is 52.4 Å². The molecule has 3 fully saturated rings. The van der Waals surface area contributed by atoms with E-state index < -0.39 is 15.7 Å². The fraction of sp³-hybridized carbons (Fsp3) is 0.355. The van der Waals surface area contributed by atoms with Gasteiger partial charge in [0.05, 0.1) is 17.5 Å². The van der Waals surface area contributed by atoms with Crippen molar-refractivity contribution in [1.29, 1.82) is 0 Å². The summed E-state index contributed by atoms with van der Waals surface area (Å²) < 4.78 is 30.5. The first kappa shape index (κ1) is 26.9. The Morgan fingerprint density at radius 1 is 0.875 bits per heavy atom. The van der Waals surface area contributed by atoms with Crippen molar-refractivity contribution < 1.29 is 17.9 Å². The molecule has 3 aromatic rings. The summed E-state index contributed by atoms with van der Waals surface area (Å²) in [7, 11) is -3.13. The number of nitrogens with zero attached hydrogens (tertiary/aromatic N) is 3. The van der Waals surface area contributed by atoms with Gasteiger partial charge >= 0.3 is 0 Å². The van der Waals surface area contributed by atoms with E-state index in [-0.39, 0.29) is 29.4 Å². The molecule has 0 aromatic heterocycles. The fourth-order valence-electron chi connectivity index (χ4n) is 5.83. The first-order valence-electron chi connectivity index (χ1n) is 13.8. The van der Waals surface area contributed by atoms with Crippen LogP contribution in [0.4, 0.5) is 11.4 Å². The Labute approximate surface area is 240 Å². The highest BCUT2D eigenvalue weighted by atomic mass is 32.2. The molecule has 208 valence electrons. The Kier molecular flexibility index (Phi) is 7.85. The molecule has 0 aliphatic carbocycles. The number of carbonyl (C=O) groups is 1. The minimum Gasteiger partial charge on any atom is -0.484 e. The molecule has 0 radical (unpaired) electrons. The lowest BCUT2D eigenvalue weighted by atomic mass is 9.90. The summed E-state index contributed by atoms with van der Waals surface area (Å²) in [5.74, 6) is 1.07. The van der Waals surface area contributed by atoms with E-state index in [9.17, 15) is 13.2 Å². The molecule has 0 unspecified atom stereocenters. The van der Waals surface area contributed by atoms with Crippen LogP contribution in [0.1, 0.15) is 18.4 Å². The van der Waals surface area contributed by atoms with Crippen molar-refractivity contribution >= 4 is 44.0 Å². The Morgan fingerprint density at radius 3 is 2.23 bits per heavy atom. The second kappa shape index (κ2) is 11.7. The van der Waals surface area contributed by atoms with Gasteiger partial charge in [0.25, 0.3) is 5.91 Å². The van der Waals surface area contributed by atoms with Crippen molar-refractivity contribution in [1.82, 2.24) is 0 Å². The normalized spacial score (nSPS) is 23.4. The van der Waals surface area contributed by atoms with Gasteiger partial charge in [-0.1, -0.05) is 60.3 Å². The van der Waals surface area contributed by atoms with Gasteiger partial charge in [-0.3, -0.25) is 4.79 Å². The smallest absolute Gasteiger partial charge is 0.285 e. The molecule has 3 aromatic carbocycles. The number of ether oxygens (including phenoxy) is 1. The van der Waals surface area contributed by atoms with Gasteiger partial charge in [0.2, 0.25) is 0 Å². The van der Waals surface area contributed by atoms with Crippen LogP contribution in [0, 0.1) is 5.92 Å². The number of carbonyl (C=O) groups excluding carboxylic acids is 1. The van der Waals surface area contributed by atoms with Gasteiger partial charge in [0.15, 0.2) is 21.6 Å². The van der Waals surface area contributed by atoms with Gasteiger partial charge in [0, 0.05) is 29.7 Å². The van der Waals surface area contributed by atoms with Crippen molar-refractivity contribution in [3.63, 3.8) is 0 Å². The zero-order valence-corrected chi connectivity index (χ0v) is 23.9. The summed E-state index contributed by atoms with van der Waals surface area (Å²) in [4.78, 5) is 21.5. The lowest BCUT2D eigenvalue weighted by molar-refractivity contribution is -0.119. The van der Waals surface area contributed by atoms with Gasteiger partial charge in [-0.25, -0.2) is 8.42 Å². The van der Waals surface area contributed by atoms with Gasteiger partial charge in [-0.15, -0.1) is 0 Å². The highest BCUT2D eigenvalue weighted by Crippen LogP contribution is 2.41. The predicted molar refractivity (Wildman–Crippen MR) is 162 cm³/mol. The quantitative estimate of drug-likeness (QED) is 0.400. The van der Waals surface area contributed by atoms with Crippen LogP contribution in [0.3, 0.4) is 0 Å². The van der Waals surface area contributed by atoms with Crippen LogP contribution in [0.25, 0.3) is 0 Å². The molecule has 3 aliphatic rings. The van der Waals surface area contributed by atoms with Gasteiger partial charge in [-0.05, 0) is 67.1 Å². The molecule has 1 amide bonds. The summed E-state index contributed by atoms with van der Waals surface area (Å²) in [5.41, 5.74) is 3.43. The van der Waals surface area contributed by atoms with E-state index in [1.807, 2.05) is 35.2 Å². The first-order valence-corrected chi connectivity index (χ1v) is 16.5. The first-order chi connectivity index (χ1) is 19.4. The zero-order chi connectivity index (χ0) is 27.5. The predicted octanol–water partition coefficient (Wildman–Crippen LogP) is 4.83. The summed E-state index contributed by atoms with van der Waals surface area (Å²) in [5, 5.41) is 0.399.